The van der Waals surface area contributed by atoms with Crippen LogP contribution in [0, 0.1) is 17.8 Å². The maximum atomic E-state index is 10.5. The summed E-state index contributed by atoms with van der Waals surface area (Å²) in [7, 11) is 0. The lowest BCUT2D eigenvalue weighted by Gasteiger charge is -2.27. The van der Waals surface area contributed by atoms with Gasteiger partial charge in [0.05, 0.1) is 18.8 Å². The summed E-state index contributed by atoms with van der Waals surface area (Å²) in [5.41, 5.74) is 0. The molecule has 2 aliphatic heterocycles. The largest absolute Gasteiger partial charge is 0.481 e. The average molecular weight is 353 g/mol. The molecule has 0 aliphatic carbocycles. The monoisotopic (exact) mass is 352 g/mol. The molecule has 2 rings (SSSR count). The summed E-state index contributed by atoms with van der Waals surface area (Å²) >= 11 is 0. The van der Waals surface area contributed by atoms with Crippen molar-refractivity contribution in [1.29, 1.82) is 0 Å². The zero-order valence-electron chi connectivity index (χ0n) is 16.0. The number of fused-ring (bicyclic) bond motifs is 2. The van der Waals surface area contributed by atoms with Crippen LogP contribution in [0.15, 0.2) is 12.2 Å². The van der Waals surface area contributed by atoms with Crippen LogP contribution in [-0.2, 0) is 14.3 Å². The highest BCUT2D eigenvalue weighted by atomic mass is 16.5. The molecule has 0 radical (unpaired) electrons. The third-order valence-electron chi connectivity index (χ3n) is 5.69. The summed E-state index contributed by atoms with van der Waals surface area (Å²) in [6.45, 7) is 6.21. The minimum Gasteiger partial charge on any atom is -0.481 e. The van der Waals surface area contributed by atoms with Crippen LogP contribution in [0.25, 0.3) is 0 Å². The third-order valence-corrected chi connectivity index (χ3v) is 5.69. The van der Waals surface area contributed by atoms with E-state index in [1.165, 1.54) is 32.1 Å². The molecule has 4 heteroatoms. The van der Waals surface area contributed by atoms with E-state index < -0.39 is 5.97 Å². The van der Waals surface area contributed by atoms with E-state index in [-0.39, 0.29) is 6.42 Å². The van der Waals surface area contributed by atoms with Crippen LogP contribution in [0.4, 0.5) is 0 Å². The van der Waals surface area contributed by atoms with Crippen molar-refractivity contribution in [3.05, 3.63) is 12.2 Å². The summed E-state index contributed by atoms with van der Waals surface area (Å²) < 4.78 is 12.2. The quantitative estimate of drug-likeness (QED) is 0.381. The zero-order valence-corrected chi connectivity index (χ0v) is 16.0. The van der Waals surface area contributed by atoms with Gasteiger partial charge in [0, 0.05) is 18.9 Å². The van der Waals surface area contributed by atoms with Crippen LogP contribution in [-0.4, -0.2) is 36.5 Å². The SMILES string of the molecule is CCCCC(C)COC[C@@H]1[C@H](C/C=C\CCCC(=O)O)[C@@H]2CC[C@H]1O2. The van der Waals surface area contributed by atoms with E-state index in [2.05, 4.69) is 26.0 Å². The molecule has 2 bridgehead atoms. The molecule has 1 unspecified atom stereocenters. The minimum atomic E-state index is -0.708. The fraction of sp³-hybridized carbons (Fsp3) is 0.857. The minimum absolute atomic E-state index is 0.258. The van der Waals surface area contributed by atoms with Gasteiger partial charge in [-0.15, -0.1) is 0 Å². The standard InChI is InChI=1S/C21H36O4/c1-3-4-9-16(2)14-24-15-18-17(19-12-13-20(18)25-19)10-7-5-6-8-11-21(22)23/h5,7,16-20H,3-4,6,8-15H2,1-2H3,(H,22,23)/b7-5-/t16?,17-,18+,19-,20+/m0/s1. The first-order valence-electron chi connectivity index (χ1n) is 10.2. The molecule has 0 saturated carbocycles. The van der Waals surface area contributed by atoms with Crippen molar-refractivity contribution in [2.24, 2.45) is 17.8 Å². The van der Waals surface area contributed by atoms with Gasteiger partial charge < -0.3 is 14.6 Å². The number of rotatable bonds is 13. The predicted molar refractivity (Wildman–Crippen MR) is 99.6 cm³/mol. The lowest BCUT2D eigenvalue weighted by Crippen LogP contribution is -2.31. The number of carbonyl (C=O) groups is 1. The van der Waals surface area contributed by atoms with Crippen LogP contribution in [0.2, 0.25) is 0 Å². The third kappa shape index (κ3) is 6.74. The van der Waals surface area contributed by atoms with Crippen molar-refractivity contribution in [1.82, 2.24) is 0 Å². The zero-order chi connectivity index (χ0) is 18.1. The molecule has 0 amide bonds. The summed E-state index contributed by atoms with van der Waals surface area (Å²) in [4.78, 5) is 10.5. The molecule has 2 saturated heterocycles. The molecule has 2 heterocycles. The van der Waals surface area contributed by atoms with E-state index in [1.54, 1.807) is 0 Å². The number of aliphatic carboxylic acids is 1. The number of carboxylic acids is 1. The second-order valence-corrected chi connectivity index (χ2v) is 7.90. The van der Waals surface area contributed by atoms with Crippen LogP contribution >= 0.6 is 0 Å². The van der Waals surface area contributed by atoms with E-state index >= 15 is 0 Å². The van der Waals surface area contributed by atoms with Gasteiger partial charge >= 0.3 is 5.97 Å². The number of carboxylic acid groups (broad SMARTS) is 1. The fourth-order valence-corrected chi connectivity index (χ4v) is 4.21. The van der Waals surface area contributed by atoms with Gasteiger partial charge in [0.15, 0.2) is 0 Å². The maximum absolute atomic E-state index is 10.5. The van der Waals surface area contributed by atoms with Crippen molar-refractivity contribution < 1.29 is 19.4 Å². The van der Waals surface area contributed by atoms with Gasteiger partial charge in [0.25, 0.3) is 0 Å². The Bertz CT molecular complexity index is 420. The van der Waals surface area contributed by atoms with Crippen LogP contribution in [0.5, 0.6) is 0 Å². The molecule has 144 valence electrons. The first-order chi connectivity index (χ1) is 12.1. The van der Waals surface area contributed by atoms with Crippen molar-refractivity contribution >= 4 is 5.97 Å². The Balaban J connectivity index is 1.69. The van der Waals surface area contributed by atoms with E-state index in [9.17, 15) is 4.79 Å². The second-order valence-electron chi connectivity index (χ2n) is 7.90. The summed E-state index contributed by atoms with van der Waals surface area (Å²) in [6, 6.07) is 0. The van der Waals surface area contributed by atoms with Gasteiger partial charge in [-0.25, -0.2) is 0 Å². The lowest BCUT2D eigenvalue weighted by molar-refractivity contribution is -0.137. The summed E-state index contributed by atoms with van der Waals surface area (Å²) in [5, 5.41) is 8.66. The Morgan fingerprint density at radius 1 is 1.24 bits per heavy atom. The first-order valence-corrected chi connectivity index (χ1v) is 10.2. The van der Waals surface area contributed by atoms with E-state index in [0.29, 0.717) is 30.0 Å². The molecule has 4 nitrogen and oxygen atoms in total. The fourth-order valence-electron chi connectivity index (χ4n) is 4.21. The second kappa shape index (κ2) is 11.0. The molecule has 25 heavy (non-hydrogen) atoms. The van der Waals surface area contributed by atoms with E-state index in [1.807, 2.05) is 0 Å². The Hall–Kier alpha value is -0.870. The van der Waals surface area contributed by atoms with Gasteiger partial charge in [0.2, 0.25) is 0 Å². The molecule has 0 aromatic heterocycles. The number of unbranched alkanes of at least 4 members (excludes halogenated alkanes) is 2. The predicted octanol–water partition coefficient (Wildman–Crippen LogP) is 4.82. The van der Waals surface area contributed by atoms with Crippen molar-refractivity contribution in [3.8, 4) is 0 Å². The first kappa shape index (κ1) is 20.4. The molecule has 0 aromatic carbocycles. The van der Waals surface area contributed by atoms with Crippen LogP contribution in [0.1, 0.15) is 71.6 Å². The lowest BCUT2D eigenvalue weighted by atomic mass is 9.78. The maximum Gasteiger partial charge on any atom is 0.303 e. The molecule has 2 fully saturated rings. The van der Waals surface area contributed by atoms with Gasteiger partial charge in [-0.1, -0.05) is 38.8 Å². The average Bonchev–Trinajstić information content (AvgIpc) is 3.18. The molecular formula is C21H36O4. The number of ether oxygens (including phenoxy) is 2. The van der Waals surface area contributed by atoms with Gasteiger partial charge in [-0.3, -0.25) is 4.79 Å². The Morgan fingerprint density at radius 3 is 2.72 bits per heavy atom. The molecule has 2 aliphatic rings. The highest BCUT2D eigenvalue weighted by Gasteiger charge is 2.48. The van der Waals surface area contributed by atoms with Gasteiger partial charge in [-0.05, 0) is 50.4 Å². The van der Waals surface area contributed by atoms with Crippen molar-refractivity contribution in [2.45, 2.75) is 83.8 Å². The van der Waals surface area contributed by atoms with Crippen LogP contribution in [0.3, 0.4) is 0 Å². The number of allylic oxidation sites excluding steroid dienone is 2. The molecular weight excluding hydrogens is 316 g/mol. The molecule has 5 atom stereocenters. The normalized spacial score (nSPS) is 29.5. The Labute approximate surface area is 153 Å². The van der Waals surface area contributed by atoms with Gasteiger partial charge in [0.1, 0.15) is 0 Å². The molecule has 0 spiro atoms. The van der Waals surface area contributed by atoms with Crippen molar-refractivity contribution in [3.63, 3.8) is 0 Å². The van der Waals surface area contributed by atoms with Gasteiger partial charge in [-0.2, -0.15) is 0 Å². The number of hydrogen-bond acceptors (Lipinski definition) is 3. The topological polar surface area (TPSA) is 55.8 Å². The summed E-state index contributed by atoms with van der Waals surface area (Å²) in [6.07, 6.45) is 14.2. The van der Waals surface area contributed by atoms with Crippen molar-refractivity contribution in [2.75, 3.05) is 13.2 Å². The summed E-state index contributed by atoms with van der Waals surface area (Å²) in [5.74, 6) is 1.04. The number of hydrogen-bond donors (Lipinski definition) is 1. The molecule has 1 N–H and O–H groups in total. The smallest absolute Gasteiger partial charge is 0.303 e. The Kier molecular flexibility index (Phi) is 8.97. The highest BCUT2D eigenvalue weighted by molar-refractivity contribution is 5.66. The van der Waals surface area contributed by atoms with Crippen LogP contribution < -0.4 is 0 Å². The molecule has 0 aromatic rings. The highest BCUT2D eigenvalue weighted by Crippen LogP contribution is 2.45. The van der Waals surface area contributed by atoms with E-state index in [4.69, 9.17) is 14.6 Å². The Morgan fingerprint density at radius 2 is 2.00 bits per heavy atom. The van der Waals surface area contributed by atoms with E-state index in [0.717, 1.165) is 32.5 Å².